The monoisotopic (exact) mass is 318 g/mol. The Hall–Kier alpha value is -1.72. The molecule has 3 rings (SSSR count). The van der Waals surface area contributed by atoms with Crippen molar-refractivity contribution in [1.29, 1.82) is 0 Å². The van der Waals surface area contributed by atoms with Crippen LogP contribution in [0, 0.1) is 0 Å². The Morgan fingerprint density at radius 2 is 2.27 bits per heavy atom. The second-order valence-corrected chi connectivity index (χ2v) is 6.37. The van der Waals surface area contributed by atoms with Gasteiger partial charge in [0.2, 0.25) is 0 Å². The molecule has 5 nitrogen and oxygen atoms in total. The van der Waals surface area contributed by atoms with Gasteiger partial charge in [0, 0.05) is 55.0 Å². The molecule has 0 fully saturated rings. The number of hydrogen-bond donors (Lipinski definition) is 1. The number of nitrogens with one attached hydrogen (secondary N) is 1. The van der Waals surface area contributed by atoms with Crippen molar-refractivity contribution in [2.75, 3.05) is 6.54 Å². The second-order valence-electron chi connectivity index (χ2n) is 5.96. The van der Waals surface area contributed by atoms with Gasteiger partial charge in [-0.1, -0.05) is 25.4 Å². The number of H-pyrrole nitrogens is 1. The van der Waals surface area contributed by atoms with Crippen LogP contribution in [0.1, 0.15) is 42.4 Å². The van der Waals surface area contributed by atoms with Gasteiger partial charge in [-0.05, 0) is 6.07 Å². The molecule has 0 unspecified atom stereocenters. The van der Waals surface area contributed by atoms with Crippen LogP contribution in [0.3, 0.4) is 0 Å². The number of pyridine rings is 1. The fourth-order valence-electron chi connectivity index (χ4n) is 2.68. The van der Waals surface area contributed by atoms with Gasteiger partial charge in [-0.25, -0.2) is 4.98 Å². The zero-order valence-electron chi connectivity index (χ0n) is 12.8. The fourth-order valence-corrected chi connectivity index (χ4v) is 2.84. The summed E-state index contributed by atoms with van der Waals surface area (Å²) in [4.78, 5) is 26.1. The van der Waals surface area contributed by atoms with Crippen molar-refractivity contribution in [3.8, 4) is 0 Å². The lowest BCUT2D eigenvalue weighted by Crippen LogP contribution is -2.36. The maximum absolute atomic E-state index is 12.3. The first kappa shape index (κ1) is 15.2. The number of aromatic amines is 1. The average molecular weight is 319 g/mol. The van der Waals surface area contributed by atoms with Gasteiger partial charge in [0.1, 0.15) is 5.82 Å². The summed E-state index contributed by atoms with van der Waals surface area (Å²) in [6.07, 6.45) is 4.25. The SMILES string of the molecule is CC(C)c1nc2c(c(=O)[nH]1)CN(Cc1cnccc1Cl)CC2. The van der Waals surface area contributed by atoms with Crippen molar-refractivity contribution in [3.63, 3.8) is 0 Å². The number of rotatable bonds is 3. The van der Waals surface area contributed by atoms with Crippen molar-refractivity contribution in [3.05, 3.63) is 56.5 Å². The van der Waals surface area contributed by atoms with Crippen molar-refractivity contribution in [2.45, 2.75) is 39.3 Å². The van der Waals surface area contributed by atoms with E-state index in [2.05, 4.69) is 19.9 Å². The maximum Gasteiger partial charge on any atom is 0.255 e. The first-order valence-electron chi connectivity index (χ1n) is 7.47. The van der Waals surface area contributed by atoms with Crippen LogP contribution in [0.15, 0.2) is 23.3 Å². The lowest BCUT2D eigenvalue weighted by Gasteiger charge is -2.28. The van der Waals surface area contributed by atoms with Gasteiger partial charge in [-0.3, -0.25) is 14.7 Å². The molecular formula is C16H19ClN4O. The van der Waals surface area contributed by atoms with Gasteiger partial charge < -0.3 is 4.98 Å². The number of nitrogens with zero attached hydrogens (tertiary/aromatic N) is 3. The van der Waals surface area contributed by atoms with Gasteiger partial charge in [-0.2, -0.15) is 0 Å². The molecule has 2 aromatic rings. The molecule has 0 aliphatic carbocycles. The van der Waals surface area contributed by atoms with Gasteiger partial charge in [-0.15, -0.1) is 0 Å². The van der Waals surface area contributed by atoms with E-state index in [1.165, 1.54) is 0 Å². The normalized spacial score (nSPS) is 15.1. The van der Waals surface area contributed by atoms with Crippen molar-refractivity contribution >= 4 is 11.6 Å². The van der Waals surface area contributed by atoms with E-state index in [1.54, 1.807) is 18.5 Å². The molecule has 2 aromatic heterocycles. The highest BCUT2D eigenvalue weighted by atomic mass is 35.5. The van der Waals surface area contributed by atoms with E-state index in [0.717, 1.165) is 35.6 Å². The van der Waals surface area contributed by atoms with Crippen LogP contribution in [0.5, 0.6) is 0 Å². The summed E-state index contributed by atoms with van der Waals surface area (Å²) in [5.74, 6) is 0.998. The largest absolute Gasteiger partial charge is 0.310 e. The Bertz CT molecular complexity index is 741. The van der Waals surface area contributed by atoms with E-state index >= 15 is 0 Å². The molecule has 3 heterocycles. The fraction of sp³-hybridized carbons (Fsp3) is 0.438. The molecule has 1 aliphatic heterocycles. The smallest absolute Gasteiger partial charge is 0.255 e. The van der Waals surface area contributed by atoms with Crippen molar-refractivity contribution in [2.24, 2.45) is 0 Å². The Labute approximate surface area is 134 Å². The molecular weight excluding hydrogens is 300 g/mol. The highest BCUT2D eigenvalue weighted by Gasteiger charge is 2.22. The molecule has 0 aromatic carbocycles. The average Bonchev–Trinajstić information content (AvgIpc) is 2.50. The second kappa shape index (κ2) is 6.18. The first-order chi connectivity index (χ1) is 10.5. The van der Waals surface area contributed by atoms with Gasteiger partial charge in [0.25, 0.3) is 5.56 Å². The molecule has 0 atom stereocenters. The molecule has 0 radical (unpaired) electrons. The minimum Gasteiger partial charge on any atom is -0.310 e. The predicted octanol–water partition coefficient (Wildman–Crippen LogP) is 2.50. The van der Waals surface area contributed by atoms with Crippen LogP contribution in [0.25, 0.3) is 0 Å². The van der Waals surface area contributed by atoms with Crippen LogP contribution in [-0.2, 0) is 19.5 Å². The minimum atomic E-state index is -0.0179. The summed E-state index contributed by atoms with van der Waals surface area (Å²) < 4.78 is 0. The Morgan fingerprint density at radius 1 is 1.45 bits per heavy atom. The topological polar surface area (TPSA) is 61.9 Å². The third-order valence-corrected chi connectivity index (χ3v) is 4.32. The van der Waals surface area contributed by atoms with E-state index in [9.17, 15) is 4.79 Å². The molecule has 0 saturated heterocycles. The first-order valence-corrected chi connectivity index (χ1v) is 7.85. The Kier molecular flexibility index (Phi) is 4.27. The number of aromatic nitrogens is 3. The van der Waals surface area contributed by atoms with Gasteiger partial charge in [0.05, 0.1) is 11.3 Å². The minimum absolute atomic E-state index is 0.0179. The molecule has 0 saturated carbocycles. The lowest BCUT2D eigenvalue weighted by atomic mass is 10.1. The lowest BCUT2D eigenvalue weighted by molar-refractivity contribution is 0.241. The summed E-state index contributed by atoms with van der Waals surface area (Å²) >= 11 is 6.18. The van der Waals surface area contributed by atoms with Gasteiger partial charge >= 0.3 is 0 Å². The summed E-state index contributed by atoms with van der Waals surface area (Å²) in [6, 6.07) is 1.79. The van der Waals surface area contributed by atoms with Crippen LogP contribution in [0.2, 0.25) is 5.02 Å². The van der Waals surface area contributed by atoms with Crippen molar-refractivity contribution < 1.29 is 0 Å². The number of halogens is 1. The third-order valence-electron chi connectivity index (χ3n) is 3.95. The quantitative estimate of drug-likeness (QED) is 0.944. The summed E-state index contributed by atoms with van der Waals surface area (Å²) in [5.41, 5.74) is 2.67. The van der Waals surface area contributed by atoms with Crippen molar-refractivity contribution in [1.82, 2.24) is 19.9 Å². The summed E-state index contributed by atoms with van der Waals surface area (Å²) in [7, 11) is 0. The molecule has 1 aliphatic rings. The molecule has 0 bridgehead atoms. The van der Waals surface area contributed by atoms with Crippen LogP contribution >= 0.6 is 11.6 Å². The van der Waals surface area contributed by atoms with E-state index in [0.29, 0.717) is 18.1 Å². The summed E-state index contributed by atoms with van der Waals surface area (Å²) in [5, 5.41) is 0.711. The predicted molar refractivity (Wildman–Crippen MR) is 86.0 cm³/mol. The molecule has 0 spiro atoms. The Balaban J connectivity index is 1.82. The zero-order chi connectivity index (χ0) is 15.7. The maximum atomic E-state index is 12.3. The summed E-state index contributed by atoms with van der Waals surface area (Å²) in [6.45, 7) is 6.22. The van der Waals surface area contributed by atoms with Gasteiger partial charge in [0.15, 0.2) is 0 Å². The molecule has 0 amide bonds. The van der Waals surface area contributed by atoms with E-state index < -0.39 is 0 Å². The highest BCUT2D eigenvalue weighted by Crippen LogP contribution is 2.21. The Morgan fingerprint density at radius 3 is 3.00 bits per heavy atom. The number of hydrogen-bond acceptors (Lipinski definition) is 4. The zero-order valence-corrected chi connectivity index (χ0v) is 13.5. The van der Waals surface area contributed by atoms with E-state index in [-0.39, 0.29) is 11.5 Å². The van der Waals surface area contributed by atoms with E-state index in [4.69, 9.17) is 11.6 Å². The van der Waals surface area contributed by atoms with Crippen LogP contribution < -0.4 is 5.56 Å². The van der Waals surface area contributed by atoms with E-state index in [1.807, 2.05) is 13.8 Å². The third kappa shape index (κ3) is 3.05. The number of fused-ring (bicyclic) bond motifs is 1. The van der Waals surface area contributed by atoms with Crippen LogP contribution in [0.4, 0.5) is 0 Å². The molecule has 1 N–H and O–H groups in total. The molecule has 116 valence electrons. The molecule has 22 heavy (non-hydrogen) atoms. The highest BCUT2D eigenvalue weighted by molar-refractivity contribution is 6.31. The standard InChI is InChI=1S/C16H19ClN4O/c1-10(2)15-19-14-4-6-21(9-12(14)16(22)20-15)8-11-7-18-5-3-13(11)17/h3,5,7,10H,4,6,8-9H2,1-2H3,(H,19,20,22). The molecule has 6 heteroatoms. The van der Waals surface area contributed by atoms with Crippen LogP contribution in [-0.4, -0.2) is 26.4 Å².